The van der Waals surface area contributed by atoms with Crippen LogP contribution in [0.2, 0.25) is 0 Å². The van der Waals surface area contributed by atoms with E-state index >= 15 is 0 Å². The monoisotopic (exact) mass is 381 g/mol. The van der Waals surface area contributed by atoms with Crippen molar-refractivity contribution in [2.24, 2.45) is 0 Å². The molecule has 2 aromatic rings. The minimum Gasteiger partial charge on any atom is -0.481 e. The Morgan fingerprint density at radius 3 is 2.25 bits per heavy atom. The third-order valence-corrected chi connectivity index (χ3v) is 5.05. The molecule has 0 aliphatic rings. The minimum absolute atomic E-state index is 0.0635. The molecule has 2 rings (SSSR count). The first-order valence-corrected chi connectivity index (χ1v) is 10.4. The molecule has 0 unspecified atom stereocenters. The molecule has 2 aromatic carbocycles. The van der Waals surface area contributed by atoms with E-state index in [0.717, 1.165) is 29.7 Å². The fraction of sp³-hybridized carbons (Fsp3) is 0.480. The molecule has 0 saturated heterocycles. The van der Waals surface area contributed by atoms with Gasteiger partial charge >= 0.3 is 0 Å². The average molecular weight is 382 g/mol. The van der Waals surface area contributed by atoms with E-state index < -0.39 is 6.10 Å². The van der Waals surface area contributed by atoms with Gasteiger partial charge in [-0.05, 0) is 66.8 Å². The lowest BCUT2D eigenvalue weighted by Gasteiger charge is -2.19. The smallest absolute Gasteiger partial charge is 0.260 e. The molecule has 0 aromatic heterocycles. The van der Waals surface area contributed by atoms with Gasteiger partial charge in [0.25, 0.3) is 5.91 Å². The molecule has 3 heteroatoms. The maximum atomic E-state index is 12.4. The fourth-order valence-corrected chi connectivity index (χ4v) is 3.18. The van der Waals surface area contributed by atoms with Crippen LogP contribution in [0.15, 0.2) is 42.5 Å². The molecular formula is C25H35NO2. The number of rotatable bonds is 9. The number of carbonyl (C=O) groups excluding carboxylic acids is 1. The summed E-state index contributed by atoms with van der Waals surface area (Å²) in [6.45, 7) is 13.2. The molecule has 28 heavy (non-hydrogen) atoms. The summed E-state index contributed by atoms with van der Waals surface area (Å²) < 4.78 is 5.99. The topological polar surface area (TPSA) is 38.3 Å². The summed E-state index contributed by atoms with van der Waals surface area (Å²) in [7, 11) is 0. The maximum absolute atomic E-state index is 12.4. The predicted octanol–water partition coefficient (Wildman–Crippen LogP) is 5.76. The van der Waals surface area contributed by atoms with E-state index in [1.807, 2.05) is 19.9 Å². The quantitative estimate of drug-likeness (QED) is 0.561. The zero-order chi connectivity index (χ0) is 20.7. The predicted molar refractivity (Wildman–Crippen MR) is 117 cm³/mol. The number of nitrogens with one attached hydrogen (secondary N) is 1. The largest absolute Gasteiger partial charge is 0.481 e. The summed E-state index contributed by atoms with van der Waals surface area (Å²) in [6.07, 6.45) is 1.37. The van der Waals surface area contributed by atoms with Crippen molar-refractivity contribution in [3.05, 3.63) is 64.7 Å². The lowest BCUT2D eigenvalue weighted by molar-refractivity contribution is -0.127. The highest BCUT2D eigenvalue weighted by Gasteiger charge is 2.17. The normalized spacial score (nSPS) is 12.3. The molecule has 1 N–H and O–H groups in total. The van der Waals surface area contributed by atoms with Crippen LogP contribution in [0, 0.1) is 6.92 Å². The number of carbonyl (C=O) groups is 1. The maximum Gasteiger partial charge on any atom is 0.260 e. The van der Waals surface area contributed by atoms with Crippen LogP contribution in [0.25, 0.3) is 0 Å². The van der Waals surface area contributed by atoms with Crippen LogP contribution in [0.4, 0.5) is 0 Å². The molecule has 0 bridgehead atoms. The number of ether oxygens (including phenoxy) is 1. The van der Waals surface area contributed by atoms with Gasteiger partial charge in [0, 0.05) is 6.54 Å². The molecule has 0 aliphatic heterocycles. The summed E-state index contributed by atoms with van der Waals surface area (Å²) in [5, 5.41) is 3.00. The van der Waals surface area contributed by atoms with Gasteiger partial charge in [0.15, 0.2) is 6.10 Å². The van der Waals surface area contributed by atoms with Crippen molar-refractivity contribution in [3.63, 3.8) is 0 Å². The minimum atomic E-state index is -0.510. The molecule has 152 valence electrons. The van der Waals surface area contributed by atoms with Gasteiger partial charge in [0.1, 0.15) is 5.75 Å². The number of aryl methyl sites for hydroxylation is 2. The van der Waals surface area contributed by atoms with Crippen molar-refractivity contribution in [1.82, 2.24) is 5.32 Å². The van der Waals surface area contributed by atoms with E-state index in [0.29, 0.717) is 18.4 Å². The van der Waals surface area contributed by atoms with E-state index in [1.54, 1.807) is 0 Å². The van der Waals surface area contributed by atoms with Crippen molar-refractivity contribution in [2.75, 3.05) is 6.54 Å². The molecule has 0 fully saturated rings. The lowest BCUT2D eigenvalue weighted by Crippen LogP contribution is -2.37. The third-order valence-electron chi connectivity index (χ3n) is 5.05. The standard InChI is InChI=1S/C25H35NO2/c1-17(2)22-12-10-21(11-13-22)8-7-15-26-25(27)20(6)28-24-16-19(5)9-14-23(24)18(3)4/h9-14,16-18,20H,7-8,15H2,1-6H3,(H,26,27)/t20-/m0/s1. The van der Waals surface area contributed by atoms with E-state index in [1.165, 1.54) is 11.1 Å². The second-order valence-corrected chi connectivity index (χ2v) is 8.25. The Balaban J connectivity index is 1.81. The van der Waals surface area contributed by atoms with Gasteiger partial charge in [0.2, 0.25) is 0 Å². The third kappa shape index (κ3) is 6.40. The highest BCUT2D eigenvalue weighted by molar-refractivity contribution is 5.80. The van der Waals surface area contributed by atoms with Gasteiger partial charge in [0.05, 0.1) is 0 Å². The molecule has 0 heterocycles. The van der Waals surface area contributed by atoms with Crippen LogP contribution in [-0.2, 0) is 11.2 Å². The second-order valence-electron chi connectivity index (χ2n) is 8.25. The summed E-state index contributed by atoms with van der Waals surface area (Å²) in [5.41, 5.74) is 4.94. The zero-order valence-electron chi connectivity index (χ0n) is 18.2. The molecule has 0 aliphatic carbocycles. The molecule has 1 amide bonds. The van der Waals surface area contributed by atoms with Crippen molar-refractivity contribution in [3.8, 4) is 5.75 Å². The van der Waals surface area contributed by atoms with E-state index in [-0.39, 0.29) is 5.91 Å². The van der Waals surface area contributed by atoms with Crippen molar-refractivity contribution in [2.45, 2.75) is 72.3 Å². The van der Waals surface area contributed by atoms with E-state index in [9.17, 15) is 4.79 Å². The zero-order valence-corrected chi connectivity index (χ0v) is 18.2. The van der Waals surface area contributed by atoms with Crippen LogP contribution in [0.3, 0.4) is 0 Å². The highest BCUT2D eigenvalue weighted by Crippen LogP contribution is 2.28. The molecule has 0 saturated carbocycles. The van der Waals surface area contributed by atoms with Crippen molar-refractivity contribution in [1.29, 1.82) is 0 Å². The fourth-order valence-electron chi connectivity index (χ4n) is 3.18. The van der Waals surface area contributed by atoms with Gasteiger partial charge in [-0.2, -0.15) is 0 Å². The summed E-state index contributed by atoms with van der Waals surface area (Å²) in [4.78, 5) is 12.4. The first-order chi connectivity index (χ1) is 13.3. The van der Waals surface area contributed by atoms with Crippen LogP contribution in [0.5, 0.6) is 5.75 Å². The van der Waals surface area contributed by atoms with Crippen LogP contribution in [-0.4, -0.2) is 18.6 Å². The lowest BCUT2D eigenvalue weighted by atomic mass is 10.0. The number of hydrogen-bond acceptors (Lipinski definition) is 2. The molecule has 3 nitrogen and oxygen atoms in total. The Kier molecular flexibility index (Phi) is 8.10. The van der Waals surface area contributed by atoms with E-state index in [2.05, 4.69) is 69.4 Å². The van der Waals surface area contributed by atoms with Crippen LogP contribution in [0.1, 0.15) is 75.1 Å². The number of hydrogen-bond donors (Lipinski definition) is 1. The SMILES string of the molecule is Cc1ccc(C(C)C)c(O[C@@H](C)C(=O)NCCCc2ccc(C(C)C)cc2)c1. The first-order valence-electron chi connectivity index (χ1n) is 10.4. The van der Waals surface area contributed by atoms with Crippen molar-refractivity contribution < 1.29 is 9.53 Å². The molecule has 1 atom stereocenters. The first kappa shape index (κ1) is 22.0. The second kappa shape index (κ2) is 10.3. The van der Waals surface area contributed by atoms with Gasteiger partial charge in [-0.25, -0.2) is 0 Å². The summed E-state index contributed by atoms with van der Waals surface area (Å²) >= 11 is 0. The summed E-state index contributed by atoms with van der Waals surface area (Å²) in [5.74, 6) is 1.65. The average Bonchev–Trinajstić information content (AvgIpc) is 2.65. The Morgan fingerprint density at radius 1 is 0.964 bits per heavy atom. The Bertz CT molecular complexity index is 763. The van der Waals surface area contributed by atoms with E-state index in [4.69, 9.17) is 4.74 Å². The Hall–Kier alpha value is -2.29. The van der Waals surface area contributed by atoms with Gasteiger partial charge in [-0.15, -0.1) is 0 Å². The van der Waals surface area contributed by atoms with Crippen LogP contribution >= 0.6 is 0 Å². The molecule has 0 radical (unpaired) electrons. The molecule has 0 spiro atoms. The van der Waals surface area contributed by atoms with Gasteiger partial charge in [-0.1, -0.05) is 64.1 Å². The molecular weight excluding hydrogens is 346 g/mol. The number of amides is 1. The Labute approximate surface area is 170 Å². The van der Waals surface area contributed by atoms with Gasteiger partial charge in [-0.3, -0.25) is 4.79 Å². The number of benzene rings is 2. The van der Waals surface area contributed by atoms with Gasteiger partial charge < -0.3 is 10.1 Å². The Morgan fingerprint density at radius 2 is 1.64 bits per heavy atom. The van der Waals surface area contributed by atoms with Crippen LogP contribution < -0.4 is 10.1 Å². The van der Waals surface area contributed by atoms with Crippen molar-refractivity contribution >= 4 is 5.91 Å². The summed E-state index contributed by atoms with van der Waals surface area (Å²) in [6, 6.07) is 15.0. The highest BCUT2D eigenvalue weighted by atomic mass is 16.5.